The van der Waals surface area contributed by atoms with Crippen molar-refractivity contribution >= 4 is 0 Å². The number of benzene rings is 1. The lowest BCUT2D eigenvalue weighted by molar-refractivity contribution is -0.274. The van der Waals surface area contributed by atoms with Gasteiger partial charge >= 0.3 is 6.36 Å². The highest BCUT2D eigenvalue weighted by molar-refractivity contribution is 5.27. The van der Waals surface area contributed by atoms with Crippen molar-refractivity contribution in [2.24, 2.45) is 5.73 Å². The maximum absolute atomic E-state index is 12.0. The van der Waals surface area contributed by atoms with E-state index < -0.39 is 6.36 Å². The molecule has 0 saturated heterocycles. The highest BCUT2D eigenvalue weighted by Crippen LogP contribution is 2.23. The molecule has 1 unspecified atom stereocenters. The van der Waals surface area contributed by atoms with Crippen LogP contribution in [0.1, 0.15) is 25.3 Å². The molecule has 0 aliphatic heterocycles. The molecule has 1 rings (SSSR count). The molecule has 2 N–H and O–H groups in total. The van der Waals surface area contributed by atoms with Gasteiger partial charge in [0, 0.05) is 19.3 Å². The van der Waals surface area contributed by atoms with Gasteiger partial charge in [0.15, 0.2) is 0 Å². The van der Waals surface area contributed by atoms with E-state index in [1.165, 1.54) is 12.1 Å². The van der Waals surface area contributed by atoms with Crippen molar-refractivity contribution in [3.05, 3.63) is 29.8 Å². The Hall–Kier alpha value is -1.27. The van der Waals surface area contributed by atoms with E-state index in [0.29, 0.717) is 13.0 Å². The van der Waals surface area contributed by atoms with E-state index in [9.17, 15) is 13.2 Å². The van der Waals surface area contributed by atoms with Crippen LogP contribution in [0.3, 0.4) is 0 Å². The molecule has 20 heavy (non-hydrogen) atoms. The second-order valence-corrected chi connectivity index (χ2v) is 4.56. The summed E-state index contributed by atoms with van der Waals surface area (Å²) < 4.78 is 45.1. The molecular weight excluding hydrogens is 271 g/mol. The van der Waals surface area contributed by atoms with Crippen LogP contribution in [0.2, 0.25) is 0 Å². The number of nitrogens with two attached hydrogens (primary N) is 1. The van der Waals surface area contributed by atoms with Crippen LogP contribution in [0.4, 0.5) is 13.2 Å². The SMILES string of the molecule is CCCOCCC(N)Cc1ccc(OC(F)(F)F)cc1. The van der Waals surface area contributed by atoms with Crippen LogP contribution in [0.15, 0.2) is 24.3 Å². The van der Waals surface area contributed by atoms with Gasteiger partial charge in [-0.3, -0.25) is 0 Å². The predicted octanol–water partition coefficient (Wildman–Crippen LogP) is 3.27. The van der Waals surface area contributed by atoms with Crippen LogP contribution in [0, 0.1) is 0 Å². The van der Waals surface area contributed by atoms with Crippen molar-refractivity contribution in [2.45, 2.75) is 38.6 Å². The zero-order valence-corrected chi connectivity index (χ0v) is 11.5. The second kappa shape index (κ2) is 8.11. The largest absolute Gasteiger partial charge is 0.573 e. The molecule has 0 amide bonds. The molecule has 0 aliphatic rings. The molecule has 0 fully saturated rings. The fourth-order valence-electron chi connectivity index (χ4n) is 1.71. The molecule has 0 saturated carbocycles. The van der Waals surface area contributed by atoms with E-state index in [1.807, 2.05) is 6.92 Å². The van der Waals surface area contributed by atoms with E-state index in [2.05, 4.69) is 4.74 Å². The van der Waals surface area contributed by atoms with E-state index in [0.717, 1.165) is 25.0 Å². The first-order valence-electron chi connectivity index (χ1n) is 6.58. The number of hydrogen-bond donors (Lipinski definition) is 1. The normalized spacial score (nSPS) is 13.2. The maximum atomic E-state index is 12.0. The van der Waals surface area contributed by atoms with Gasteiger partial charge in [0.2, 0.25) is 0 Å². The van der Waals surface area contributed by atoms with Gasteiger partial charge in [-0.05, 0) is 37.0 Å². The van der Waals surface area contributed by atoms with Crippen LogP contribution in [-0.4, -0.2) is 25.6 Å². The number of halogens is 3. The quantitative estimate of drug-likeness (QED) is 0.748. The average Bonchev–Trinajstić information content (AvgIpc) is 2.35. The van der Waals surface area contributed by atoms with Crippen molar-refractivity contribution in [1.29, 1.82) is 0 Å². The highest BCUT2D eigenvalue weighted by Gasteiger charge is 2.30. The summed E-state index contributed by atoms with van der Waals surface area (Å²) in [7, 11) is 0. The average molecular weight is 291 g/mol. The molecule has 3 nitrogen and oxygen atoms in total. The summed E-state index contributed by atoms with van der Waals surface area (Å²) in [5.41, 5.74) is 6.81. The molecule has 0 radical (unpaired) electrons. The van der Waals surface area contributed by atoms with E-state index in [1.54, 1.807) is 12.1 Å². The summed E-state index contributed by atoms with van der Waals surface area (Å²) in [4.78, 5) is 0. The fourth-order valence-corrected chi connectivity index (χ4v) is 1.71. The minimum atomic E-state index is -4.66. The summed E-state index contributed by atoms with van der Waals surface area (Å²) in [6, 6.07) is 5.70. The number of hydrogen-bond acceptors (Lipinski definition) is 3. The van der Waals surface area contributed by atoms with Gasteiger partial charge in [-0.15, -0.1) is 13.2 Å². The molecule has 1 atom stereocenters. The lowest BCUT2D eigenvalue weighted by atomic mass is 10.0. The fraction of sp³-hybridized carbons (Fsp3) is 0.571. The van der Waals surface area contributed by atoms with Gasteiger partial charge < -0.3 is 15.2 Å². The molecule has 0 aliphatic carbocycles. The van der Waals surface area contributed by atoms with Gasteiger partial charge in [-0.25, -0.2) is 0 Å². The maximum Gasteiger partial charge on any atom is 0.573 e. The van der Waals surface area contributed by atoms with Crippen LogP contribution >= 0.6 is 0 Å². The lowest BCUT2D eigenvalue weighted by Crippen LogP contribution is -2.24. The van der Waals surface area contributed by atoms with Gasteiger partial charge in [-0.2, -0.15) is 0 Å². The molecule has 0 aromatic heterocycles. The van der Waals surface area contributed by atoms with Crippen LogP contribution in [-0.2, 0) is 11.2 Å². The van der Waals surface area contributed by atoms with Crippen LogP contribution in [0.5, 0.6) is 5.75 Å². The topological polar surface area (TPSA) is 44.5 Å². The number of alkyl halides is 3. The van der Waals surface area contributed by atoms with Gasteiger partial charge in [0.05, 0.1) is 0 Å². The van der Waals surface area contributed by atoms with Crippen molar-refractivity contribution in [3.63, 3.8) is 0 Å². The van der Waals surface area contributed by atoms with Crippen LogP contribution in [0.25, 0.3) is 0 Å². The summed E-state index contributed by atoms with van der Waals surface area (Å²) >= 11 is 0. The molecule has 6 heteroatoms. The Morgan fingerprint density at radius 2 is 1.80 bits per heavy atom. The Bertz CT molecular complexity index is 379. The van der Waals surface area contributed by atoms with Crippen molar-refractivity contribution < 1.29 is 22.6 Å². The smallest absolute Gasteiger partial charge is 0.406 e. The zero-order chi connectivity index (χ0) is 15.0. The monoisotopic (exact) mass is 291 g/mol. The molecule has 1 aromatic rings. The third kappa shape index (κ3) is 7.35. The van der Waals surface area contributed by atoms with Crippen molar-refractivity contribution in [1.82, 2.24) is 0 Å². The third-order valence-electron chi connectivity index (χ3n) is 2.64. The van der Waals surface area contributed by atoms with E-state index in [4.69, 9.17) is 10.5 Å². The Morgan fingerprint density at radius 1 is 1.15 bits per heavy atom. The molecular formula is C14H20F3NO2. The summed E-state index contributed by atoms with van der Waals surface area (Å²) in [5.74, 6) is -0.221. The molecule has 0 spiro atoms. The number of ether oxygens (including phenoxy) is 2. The first kappa shape index (κ1) is 16.8. The van der Waals surface area contributed by atoms with Crippen molar-refractivity contribution in [2.75, 3.05) is 13.2 Å². The van der Waals surface area contributed by atoms with Crippen molar-refractivity contribution in [3.8, 4) is 5.75 Å². The van der Waals surface area contributed by atoms with Gasteiger partial charge in [-0.1, -0.05) is 19.1 Å². The Morgan fingerprint density at radius 3 is 2.35 bits per heavy atom. The Kier molecular flexibility index (Phi) is 6.81. The molecule has 0 bridgehead atoms. The van der Waals surface area contributed by atoms with Gasteiger partial charge in [0.1, 0.15) is 5.75 Å². The molecule has 114 valence electrons. The summed E-state index contributed by atoms with van der Waals surface area (Å²) in [5, 5.41) is 0. The minimum absolute atomic E-state index is 0.0683. The predicted molar refractivity (Wildman–Crippen MR) is 70.5 cm³/mol. The minimum Gasteiger partial charge on any atom is -0.406 e. The molecule has 1 aromatic carbocycles. The van der Waals surface area contributed by atoms with E-state index >= 15 is 0 Å². The number of rotatable bonds is 8. The summed E-state index contributed by atoms with van der Waals surface area (Å²) in [6.45, 7) is 3.35. The van der Waals surface area contributed by atoms with E-state index in [-0.39, 0.29) is 11.8 Å². The Labute approximate surface area is 116 Å². The second-order valence-electron chi connectivity index (χ2n) is 4.56. The van der Waals surface area contributed by atoms with Gasteiger partial charge in [0.25, 0.3) is 0 Å². The highest BCUT2D eigenvalue weighted by atomic mass is 19.4. The van der Waals surface area contributed by atoms with Crippen LogP contribution < -0.4 is 10.5 Å². The zero-order valence-electron chi connectivity index (χ0n) is 11.5. The summed E-state index contributed by atoms with van der Waals surface area (Å²) in [6.07, 6.45) is -2.37. The third-order valence-corrected chi connectivity index (χ3v) is 2.64. The molecule has 0 heterocycles. The Balaban J connectivity index is 2.37. The first-order chi connectivity index (χ1) is 9.40. The first-order valence-corrected chi connectivity index (χ1v) is 6.58. The standard InChI is InChI=1S/C14H20F3NO2/c1-2-8-19-9-7-12(18)10-11-3-5-13(6-4-11)20-14(15,16)17/h3-6,12H,2,7-10,18H2,1H3. The lowest BCUT2D eigenvalue weighted by Gasteiger charge is -2.13.